The van der Waals surface area contributed by atoms with Gasteiger partial charge in [0, 0.05) is 11.3 Å². The molecule has 0 aliphatic heterocycles. The van der Waals surface area contributed by atoms with Gasteiger partial charge >= 0.3 is 0 Å². The van der Waals surface area contributed by atoms with Gasteiger partial charge in [0.1, 0.15) is 0 Å². The van der Waals surface area contributed by atoms with E-state index in [1.54, 1.807) is 0 Å². The predicted molar refractivity (Wildman–Crippen MR) is 83.0 cm³/mol. The number of hydrogen-bond acceptors (Lipinski definition) is 2. The molecule has 0 aliphatic rings. The molecular formula is C17H20N2O. The maximum Gasteiger partial charge on any atom is 0.255 e. The van der Waals surface area contributed by atoms with Crippen LogP contribution in [0, 0.1) is 0 Å². The lowest BCUT2D eigenvalue weighted by Gasteiger charge is -2.10. The van der Waals surface area contributed by atoms with Crippen molar-refractivity contribution < 1.29 is 4.79 Å². The predicted octanol–water partition coefficient (Wildman–Crippen LogP) is 3.00. The van der Waals surface area contributed by atoms with Gasteiger partial charge in [-0.25, -0.2) is 0 Å². The average molecular weight is 268 g/mol. The Morgan fingerprint density at radius 1 is 1.15 bits per heavy atom. The van der Waals surface area contributed by atoms with E-state index in [4.69, 9.17) is 5.73 Å². The second-order valence-corrected chi connectivity index (χ2v) is 4.70. The van der Waals surface area contributed by atoms with Crippen molar-refractivity contribution in [2.75, 3.05) is 11.9 Å². The van der Waals surface area contributed by atoms with Crippen molar-refractivity contribution in [3.05, 3.63) is 65.2 Å². The summed E-state index contributed by atoms with van der Waals surface area (Å²) in [5.74, 6) is -0.0789. The van der Waals surface area contributed by atoms with E-state index in [2.05, 4.69) is 12.2 Å². The van der Waals surface area contributed by atoms with E-state index in [1.807, 2.05) is 48.5 Å². The lowest BCUT2D eigenvalue weighted by atomic mass is 10.1. The molecule has 3 heteroatoms. The second-order valence-electron chi connectivity index (χ2n) is 4.70. The zero-order valence-electron chi connectivity index (χ0n) is 11.7. The van der Waals surface area contributed by atoms with Crippen LogP contribution in [0.2, 0.25) is 0 Å². The normalized spacial score (nSPS) is 10.3. The Morgan fingerprint density at radius 3 is 2.70 bits per heavy atom. The molecule has 0 spiro atoms. The van der Waals surface area contributed by atoms with Gasteiger partial charge in [-0.15, -0.1) is 0 Å². The molecule has 0 atom stereocenters. The van der Waals surface area contributed by atoms with Crippen molar-refractivity contribution in [1.29, 1.82) is 0 Å². The minimum absolute atomic E-state index is 0.0789. The summed E-state index contributed by atoms with van der Waals surface area (Å²) in [5.41, 5.74) is 9.32. The second kappa shape index (κ2) is 6.87. The molecule has 0 heterocycles. The van der Waals surface area contributed by atoms with Gasteiger partial charge in [0.25, 0.3) is 5.91 Å². The van der Waals surface area contributed by atoms with E-state index in [0.717, 1.165) is 29.7 Å². The van der Waals surface area contributed by atoms with E-state index < -0.39 is 0 Å². The van der Waals surface area contributed by atoms with E-state index in [-0.39, 0.29) is 5.91 Å². The zero-order valence-corrected chi connectivity index (χ0v) is 11.7. The number of nitrogens with one attached hydrogen (secondary N) is 1. The molecule has 0 saturated carbocycles. The Balaban J connectivity index is 2.17. The molecule has 3 nitrogen and oxygen atoms in total. The maximum atomic E-state index is 12.3. The molecule has 0 aromatic heterocycles. The lowest BCUT2D eigenvalue weighted by Crippen LogP contribution is -2.13. The average Bonchev–Trinajstić information content (AvgIpc) is 2.48. The van der Waals surface area contributed by atoms with Gasteiger partial charge in [-0.3, -0.25) is 4.79 Å². The van der Waals surface area contributed by atoms with Crippen LogP contribution in [0.1, 0.15) is 28.4 Å². The first-order valence-corrected chi connectivity index (χ1v) is 6.93. The summed E-state index contributed by atoms with van der Waals surface area (Å²) in [4.78, 5) is 12.3. The van der Waals surface area contributed by atoms with Crippen LogP contribution >= 0.6 is 0 Å². The molecule has 0 aliphatic carbocycles. The first kappa shape index (κ1) is 14.3. The molecule has 2 aromatic carbocycles. The molecule has 0 fully saturated rings. The molecule has 20 heavy (non-hydrogen) atoms. The fourth-order valence-corrected chi connectivity index (χ4v) is 2.18. The Labute approximate surface area is 119 Å². The summed E-state index contributed by atoms with van der Waals surface area (Å²) in [7, 11) is 0. The summed E-state index contributed by atoms with van der Waals surface area (Å²) >= 11 is 0. The highest BCUT2D eigenvalue weighted by molar-refractivity contribution is 6.04. The monoisotopic (exact) mass is 268 g/mol. The van der Waals surface area contributed by atoms with Gasteiger partial charge in [0.15, 0.2) is 0 Å². The zero-order chi connectivity index (χ0) is 14.4. The Morgan fingerprint density at radius 2 is 1.95 bits per heavy atom. The van der Waals surface area contributed by atoms with Crippen molar-refractivity contribution in [3.8, 4) is 0 Å². The molecule has 0 unspecified atom stereocenters. The third kappa shape index (κ3) is 3.45. The summed E-state index contributed by atoms with van der Waals surface area (Å²) in [5, 5.41) is 2.98. The minimum Gasteiger partial charge on any atom is -0.330 e. The van der Waals surface area contributed by atoms with Gasteiger partial charge in [-0.2, -0.15) is 0 Å². The SMILES string of the molecule is CCc1ccccc1NC(=O)c1cccc(CCN)c1. The van der Waals surface area contributed by atoms with E-state index >= 15 is 0 Å². The highest BCUT2D eigenvalue weighted by Crippen LogP contribution is 2.17. The van der Waals surface area contributed by atoms with Crippen LogP contribution in [0.3, 0.4) is 0 Å². The molecule has 2 aromatic rings. The third-order valence-electron chi connectivity index (χ3n) is 3.27. The van der Waals surface area contributed by atoms with Crippen molar-refractivity contribution in [2.45, 2.75) is 19.8 Å². The summed E-state index contributed by atoms with van der Waals surface area (Å²) < 4.78 is 0. The fourth-order valence-electron chi connectivity index (χ4n) is 2.18. The highest BCUT2D eigenvalue weighted by atomic mass is 16.1. The smallest absolute Gasteiger partial charge is 0.255 e. The van der Waals surface area contributed by atoms with Crippen LogP contribution < -0.4 is 11.1 Å². The standard InChI is InChI=1S/C17H20N2O/c1-2-14-7-3-4-9-16(14)19-17(20)15-8-5-6-13(12-15)10-11-18/h3-9,12H,2,10-11,18H2,1H3,(H,19,20). The number of carbonyl (C=O) groups excluding carboxylic acids is 1. The van der Waals surface area contributed by atoms with Crippen LogP contribution in [-0.4, -0.2) is 12.5 Å². The largest absolute Gasteiger partial charge is 0.330 e. The molecule has 1 amide bonds. The number of nitrogens with two attached hydrogens (primary N) is 1. The molecule has 0 bridgehead atoms. The minimum atomic E-state index is -0.0789. The Kier molecular flexibility index (Phi) is 4.91. The van der Waals surface area contributed by atoms with E-state index in [1.165, 1.54) is 0 Å². The number of benzene rings is 2. The summed E-state index contributed by atoms with van der Waals surface area (Å²) in [6.45, 7) is 2.66. The maximum absolute atomic E-state index is 12.3. The van der Waals surface area contributed by atoms with Crippen molar-refractivity contribution in [2.24, 2.45) is 5.73 Å². The van der Waals surface area contributed by atoms with Crippen LogP contribution in [0.4, 0.5) is 5.69 Å². The first-order valence-electron chi connectivity index (χ1n) is 6.93. The fraction of sp³-hybridized carbons (Fsp3) is 0.235. The van der Waals surface area contributed by atoms with Gasteiger partial charge in [-0.1, -0.05) is 37.3 Å². The first-order chi connectivity index (χ1) is 9.74. The Hall–Kier alpha value is -2.13. The van der Waals surface area contributed by atoms with Crippen LogP contribution in [0.25, 0.3) is 0 Å². The number of rotatable bonds is 5. The number of amides is 1. The van der Waals surface area contributed by atoms with Gasteiger partial charge in [0.05, 0.1) is 0 Å². The third-order valence-corrected chi connectivity index (χ3v) is 3.27. The van der Waals surface area contributed by atoms with E-state index in [0.29, 0.717) is 12.1 Å². The molecular weight excluding hydrogens is 248 g/mol. The van der Waals surface area contributed by atoms with Crippen molar-refractivity contribution in [3.63, 3.8) is 0 Å². The van der Waals surface area contributed by atoms with Gasteiger partial charge in [0.2, 0.25) is 0 Å². The van der Waals surface area contributed by atoms with E-state index in [9.17, 15) is 4.79 Å². The summed E-state index contributed by atoms with van der Waals surface area (Å²) in [6, 6.07) is 15.5. The quantitative estimate of drug-likeness (QED) is 0.875. The lowest BCUT2D eigenvalue weighted by molar-refractivity contribution is 0.102. The number of para-hydroxylation sites is 1. The van der Waals surface area contributed by atoms with Crippen LogP contribution in [-0.2, 0) is 12.8 Å². The molecule has 0 saturated heterocycles. The Bertz CT molecular complexity index is 593. The van der Waals surface area contributed by atoms with Crippen LogP contribution in [0.15, 0.2) is 48.5 Å². The number of aryl methyl sites for hydroxylation is 1. The van der Waals surface area contributed by atoms with Crippen molar-refractivity contribution in [1.82, 2.24) is 0 Å². The topological polar surface area (TPSA) is 55.1 Å². The molecule has 104 valence electrons. The molecule has 0 radical (unpaired) electrons. The van der Waals surface area contributed by atoms with Crippen molar-refractivity contribution >= 4 is 11.6 Å². The molecule has 2 rings (SSSR count). The number of hydrogen-bond donors (Lipinski definition) is 2. The van der Waals surface area contributed by atoms with Gasteiger partial charge < -0.3 is 11.1 Å². The van der Waals surface area contributed by atoms with Crippen LogP contribution in [0.5, 0.6) is 0 Å². The number of carbonyl (C=O) groups is 1. The molecule has 3 N–H and O–H groups in total. The van der Waals surface area contributed by atoms with Gasteiger partial charge in [-0.05, 0) is 48.7 Å². The highest BCUT2D eigenvalue weighted by Gasteiger charge is 2.08. The number of anilines is 1. The summed E-state index contributed by atoms with van der Waals surface area (Å²) in [6.07, 6.45) is 1.68.